The number of rotatable bonds is 2. The van der Waals surface area contributed by atoms with Gasteiger partial charge in [0.15, 0.2) is 11.6 Å². The lowest BCUT2D eigenvalue weighted by Crippen LogP contribution is -2.35. The molecular formula is C17H14N6. The zero-order valence-corrected chi connectivity index (χ0v) is 12.4. The molecule has 0 saturated carbocycles. The van der Waals surface area contributed by atoms with Gasteiger partial charge in [0.1, 0.15) is 11.9 Å². The van der Waals surface area contributed by atoms with E-state index in [9.17, 15) is 5.26 Å². The topological polar surface area (TPSA) is 70.6 Å². The average Bonchev–Trinajstić information content (AvgIpc) is 3.05. The highest BCUT2D eigenvalue weighted by Gasteiger charge is 2.23. The lowest BCUT2D eigenvalue weighted by molar-refractivity contribution is 0.559. The van der Waals surface area contributed by atoms with Gasteiger partial charge in [-0.25, -0.2) is 4.98 Å². The molecule has 112 valence electrons. The summed E-state index contributed by atoms with van der Waals surface area (Å²) in [5.41, 5.74) is 1.65. The molecule has 2 aromatic heterocycles. The summed E-state index contributed by atoms with van der Waals surface area (Å²) in [4.78, 5) is 6.44. The van der Waals surface area contributed by atoms with Gasteiger partial charge < -0.3 is 9.47 Å². The molecule has 0 fully saturated rings. The Bertz CT molecular complexity index is 878. The fourth-order valence-corrected chi connectivity index (χ4v) is 2.88. The number of nitrogens with zero attached hydrogens (tertiary/aromatic N) is 6. The maximum absolute atomic E-state index is 9.25. The Hall–Kier alpha value is -3.20. The van der Waals surface area contributed by atoms with Crippen LogP contribution in [0.2, 0.25) is 0 Å². The molecule has 6 heteroatoms. The molecule has 3 aromatic rings. The van der Waals surface area contributed by atoms with E-state index in [0.717, 1.165) is 30.3 Å². The summed E-state index contributed by atoms with van der Waals surface area (Å²) < 4.78 is 2.14. The summed E-state index contributed by atoms with van der Waals surface area (Å²) >= 11 is 0. The minimum absolute atomic E-state index is 0.587. The van der Waals surface area contributed by atoms with Crippen LogP contribution in [0.25, 0.3) is 11.4 Å². The number of nitriles is 1. The number of hydrogen-bond donors (Lipinski definition) is 0. The van der Waals surface area contributed by atoms with E-state index >= 15 is 0 Å². The van der Waals surface area contributed by atoms with Crippen LogP contribution in [0.1, 0.15) is 11.4 Å². The van der Waals surface area contributed by atoms with Crippen molar-refractivity contribution >= 4 is 5.82 Å². The van der Waals surface area contributed by atoms with Crippen LogP contribution in [-0.4, -0.2) is 26.3 Å². The van der Waals surface area contributed by atoms with Crippen molar-refractivity contribution in [3.05, 3.63) is 60.0 Å². The summed E-state index contributed by atoms with van der Waals surface area (Å²) in [6.07, 6.45) is 1.71. The first kappa shape index (κ1) is 13.5. The Morgan fingerprint density at radius 3 is 2.70 bits per heavy atom. The normalized spacial score (nSPS) is 13.4. The largest absolute Gasteiger partial charge is 0.346 e. The molecule has 0 aliphatic carbocycles. The van der Waals surface area contributed by atoms with E-state index in [2.05, 4.69) is 30.7 Å². The van der Waals surface area contributed by atoms with E-state index in [-0.39, 0.29) is 0 Å². The molecule has 4 rings (SSSR count). The van der Waals surface area contributed by atoms with Gasteiger partial charge in [0.25, 0.3) is 0 Å². The molecule has 0 atom stereocenters. The monoisotopic (exact) mass is 302 g/mol. The van der Waals surface area contributed by atoms with Crippen molar-refractivity contribution in [1.82, 2.24) is 19.7 Å². The Morgan fingerprint density at radius 2 is 1.87 bits per heavy atom. The van der Waals surface area contributed by atoms with Gasteiger partial charge in [-0.15, -0.1) is 10.2 Å². The maximum atomic E-state index is 9.25. The van der Waals surface area contributed by atoms with Crippen molar-refractivity contribution in [3.63, 3.8) is 0 Å². The minimum Gasteiger partial charge on any atom is -0.346 e. The first-order valence-corrected chi connectivity index (χ1v) is 7.44. The molecule has 1 aliphatic rings. The summed E-state index contributed by atoms with van der Waals surface area (Å²) in [5, 5.41) is 17.9. The van der Waals surface area contributed by atoms with Crippen molar-refractivity contribution in [2.45, 2.75) is 13.1 Å². The van der Waals surface area contributed by atoms with E-state index in [4.69, 9.17) is 0 Å². The maximum Gasteiger partial charge on any atom is 0.164 e. The summed E-state index contributed by atoms with van der Waals surface area (Å²) in [6, 6.07) is 15.8. The van der Waals surface area contributed by atoms with E-state index < -0.39 is 0 Å². The molecule has 0 unspecified atom stereocenters. The molecule has 1 aromatic carbocycles. The van der Waals surface area contributed by atoms with Crippen LogP contribution in [-0.2, 0) is 13.1 Å². The number of benzene rings is 1. The molecule has 0 bridgehead atoms. The van der Waals surface area contributed by atoms with Gasteiger partial charge in [0.2, 0.25) is 0 Å². The molecule has 23 heavy (non-hydrogen) atoms. The van der Waals surface area contributed by atoms with Crippen LogP contribution >= 0.6 is 0 Å². The Kier molecular flexibility index (Phi) is 3.24. The van der Waals surface area contributed by atoms with Crippen LogP contribution in [0.5, 0.6) is 0 Å². The van der Waals surface area contributed by atoms with E-state index in [0.29, 0.717) is 17.9 Å². The van der Waals surface area contributed by atoms with Gasteiger partial charge in [-0.05, 0) is 12.1 Å². The average molecular weight is 302 g/mol. The highest BCUT2D eigenvalue weighted by Crippen LogP contribution is 2.25. The van der Waals surface area contributed by atoms with Gasteiger partial charge in [-0.2, -0.15) is 5.26 Å². The minimum atomic E-state index is 0.587. The molecular weight excluding hydrogens is 288 g/mol. The molecule has 3 heterocycles. The fourth-order valence-electron chi connectivity index (χ4n) is 2.88. The van der Waals surface area contributed by atoms with Gasteiger partial charge in [-0.1, -0.05) is 30.3 Å². The van der Waals surface area contributed by atoms with Crippen molar-refractivity contribution < 1.29 is 0 Å². The molecule has 0 radical (unpaired) electrons. The smallest absolute Gasteiger partial charge is 0.164 e. The SMILES string of the molecule is N#Cc1cccnc1N1CCn2c(nnc2-c2ccccc2)C1. The van der Waals surface area contributed by atoms with Crippen molar-refractivity contribution in [2.75, 3.05) is 11.4 Å². The second-order valence-electron chi connectivity index (χ2n) is 5.37. The predicted molar refractivity (Wildman–Crippen MR) is 85.5 cm³/mol. The first-order chi connectivity index (χ1) is 11.4. The molecule has 6 nitrogen and oxygen atoms in total. The van der Waals surface area contributed by atoms with Crippen molar-refractivity contribution in [2.24, 2.45) is 0 Å². The standard InChI is InChI=1S/C17H14N6/c18-11-14-7-4-8-19-16(14)22-9-10-23-15(12-22)20-21-17(23)13-5-2-1-3-6-13/h1-8H,9-10,12H2. The van der Waals surface area contributed by atoms with Crippen LogP contribution in [0.15, 0.2) is 48.7 Å². The third kappa shape index (κ3) is 2.32. The summed E-state index contributed by atoms with van der Waals surface area (Å²) in [7, 11) is 0. The molecule has 0 spiro atoms. The lowest BCUT2D eigenvalue weighted by atomic mass is 10.2. The number of anilines is 1. The predicted octanol–water partition coefficient (Wildman–Crippen LogP) is 2.23. The van der Waals surface area contributed by atoms with E-state index in [1.165, 1.54) is 0 Å². The van der Waals surface area contributed by atoms with Gasteiger partial charge in [0.05, 0.1) is 12.1 Å². The lowest BCUT2D eigenvalue weighted by Gasteiger charge is -2.29. The molecule has 0 saturated heterocycles. The Balaban J connectivity index is 1.67. The van der Waals surface area contributed by atoms with E-state index in [1.54, 1.807) is 18.3 Å². The van der Waals surface area contributed by atoms with Crippen LogP contribution in [0, 0.1) is 11.3 Å². The fraction of sp³-hybridized carbons (Fsp3) is 0.176. The van der Waals surface area contributed by atoms with E-state index in [1.807, 2.05) is 30.3 Å². The highest BCUT2D eigenvalue weighted by atomic mass is 15.3. The van der Waals surface area contributed by atoms with Crippen molar-refractivity contribution in [3.8, 4) is 17.5 Å². The molecule has 0 N–H and O–H groups in total. The van der Waals surface area contributed by atoms with Crippen LogP contribution in [0.3, 0.4) is 0 Å². The highest BCUT2D eigenvalue weighted by molar-refractivity contribution is 5.57. The summed E-state index contributed by atoms with van der Waals surface area (Å²) in [6.45, 7) is 2.15. The number of aromatic nitrogens is 4. The Morgan fingerprint density at radius 1 is 1.00 bits per heavy atom. The number of hydrogen-bond acceptors (Lipinski definition) is 5. The second kappa shape index (κ2) is 5.54. The quantitative estimate of drug-likeness (QED) is 0.726. The third-order valence-corrected chi connectivity index (χ3v) is 3.99. The van der Waals surface area contributed by atoms with Crippen molar-refractivity contribution in [1.29, 1.82) is 5.26 Å². The molecule has 1 aliphatic heterocycles. The zero-order valence-electron chi connectivity index (χ0n) is 12.4. The van der Waals surface area contributed by atoms with Gasteiger partial charge in [0, 0.05) is 24.8 Å². The Labute approximate surface area is 133 Å². The zero-order chi connectivity index (χ0) is 15.6. The number of fused-ring (bicyclic) bond motifs is 1. The molecule has 0 amide bonds. The van der Waals surface area contributed by atoms with Crippen LogP contribution in [0.4, 0.5) is 5.82 Å². The van der Waals surface area contributed by atoms with Gasteiger partial charge in [-0.3, -0.25) is 0 Å². The third-order valence-electron chi connectivity index (χ3n) is 3.99. The number of pyridine rings is 1. The first-order valence-electron chi connectivity index (χ1n) is 7.44. The van der Waals surface area contributed by atoms with Crippen LogP contribution < -0.4 is 4.90 Å². The summed E-state index contributed by atoms with van der Waals surface area (Å²) in [5.74, 6) is 2.50. The van der Waals surface area contributed by atoms with Gasteiger partial charge >= 0.3 is 0 Å². The second-order valence-corrected chi connectivity index (χ2v) is 5.37.